The third kappa shape index (κ3) is 4.34. The number of hydrogen-bond acceptors (Lipinski definition) is 9. The van der Waals surface area contributed by atoms with Gasteiger partial charge in [0.15, 0.2) is 11.5 Å². The number of nitrogens with zero attached hydrogens (tertiary/aromatic N) is 4. The molecular formula is C28H33N5O3S. The van der Waals surface area contributed by atoms with Crippen LogP contribution in [0, 0.1) is 5.41 Å². The first-order chi connectivity index (χ1) is 18.0. The van der Waals surface area contributed by atoms with Crippen molar-refractivity contribution < 1.29 is 14.2 Å². The molecular weight excluding hydrogens is 486 g/mol. The molecule has 0 radical (unpaired) electrons. The van der Waals surface area contributed by atoms with Crippen molar-refractivity contribution in [3.8, 4) is 11.5 Å². The average molecular weight is 520 g/mol. The van der Waals surface area contributed by atoms with Gasteiger partial charge in [-0.1, -0.05) is 26.0 Å². The Bertz CT molecular complexity index is 1460. The summed E-state index contributed by atoms with van der Waals surface area (Å²) in [6.45, 7) is 8.56. The Morgan fingerprint density at radius 2 is 1.95 bits per heavy atom. The molecule has 1 N–H and O–H groups in total. The number of methoxy groups -OCH3 is 2. The zero-order chi connectivity index (χ0) is 25.6. The molecule has 2 aliphatic rings. The van der Waals surface area contributed by atoms with Crippen LogP contribution in [0.4, 0.5) is 11.6 Å². The van der Waals surface area contributed by atoms with E-state index in [2.05, 4.69) is 29.0 Å². The van der Waals surface area contributed by atoms with E-state index in [9.17, 15) is 0 Å². The van der Waals surface area contributed by atoms with E-state index in [0.717, 1.165) is 83.6 Å². The normalized spacial score (nSPS) is 17.1. The van der Waals surface area contributed by atoms with Gasteiger partial charge >= 0.3 is 0 Å². The minimum absolute atomic E-state index is 0.245. The van der Waals surface area contributed by atoms with Crippen molar-refractivity contribution in [1.29, 1.82) is 0 Å². The van der Waals surface area contributed by atoms with Crippen molar-refractivity contribution in [2.75, 3.05) is 50.7 Å². The number of fused-ring (bicyclic) bond motifs is 5. The lowest BCUT2D eigenvalue weighted by Crippen LogP contribution is -2.38. The molecule has 0 unspecified atom stereocenters. The molecule has 194 valence electrons. The van der Waals surface area contributed by atoms with Crippen LogP contribution in [0.1, 0.15) is 37.0 Å². The number of nitrogens with one attached hydrogen (secondary N) is 1. The highest BCUT2D eigenvalue weighted by atomic mass is 32.1. The van der Waals surface area contributed by atoms with Gasteiger partial charge in [-0.2, -0.15) is 0 Å². The first-order valence-electron chi connectivity index (χ1n) is 12.8. The molecule has 0 atom stereocenters. The summed E-state index contributed by atoms with van der Waals surface area (Å²) in [4.78, 5) is 18.1. The van der Waals surface area contributed by atoms with Crippen LogP contribution in [0.15, 0.2) is 24.5 Å². The second kappa shape index (κ2) is 9.61. The smallest absolute Gasteiger partial charge is 0.165 e. The summed E-state index contributed by atoms with van der Waals surface area (Å²) in [5, 5.41) is 4.73. The van der Waals surface area contributed by atoms with E-state index in [1.54, 1.807) is 31.9 Å². The van der Waals surface area contributed by atoms with E-state index >= 15 is 0 Å². The number of anilines is 2. The van der Waals surface area contributed by atoms with Gasteiger partial charge in [0.05, 0.1) is 37.6 Å². The van der Waals surface area contributed by atoms with E-state index in [-0.39, 0.29) is 5.41 Å². The monoisotopic (exact) mass is 519 g/mol. The van der Waals surface area contributed by atoms with Crippen molar-refractivity contribution in [1.82, 2.24) is 15.0 Å². The van der Waals surface area contributed by atoms with Gasteiger partial charge in [0.25, 0.3) is 0 Å². The molecule has 1 saturated heterocycles. The third-order valence-corrected chi connectivity index (χ3v) is 8.62. The van der Waals surface area contributed by atoms with Crippen LogP contribution >= 0.6 is 11.3 Å². The van der Waals surface area contributed by atoms with Gasteiger partial charge in [0.2, 0.25) is 0 Å². The first kappa shape index (κ1) is 24.2. The van der Waals surface area contributed by atoms with Crippen molar-refractivity contribution >= 4 is 43.4 Å². The van der Waals surface area contributed by atoms with Crippen molar-refractivity contribution in [3.63, 3.8) is 0 Å². The summed E-state index contributed by atoms with van der Waals surface area (Å²) in [5.74, 6) is 3.39. The second-order valence-corrected chi connectivity index (χ2v) is 11.5. The molecule has 0 bridgehead atoms. The van der Waals surface area contributed by atoms with E-state index in [4.69, 9.17) is 24.2 Å². The van der Waals surface area contributed by atoms with E-state index in [1.165, 1.54) is 16.5 Å². The van der Waals surface area contributed by atoms with Crippen LogP contribution < -0.4 is 19.7 Å². The van der Waals surface area contributed by atoms with Gasteiger partial charge in [-0.3, -0.25) is 0 Å². The highest BCUT2D eigenvalue weighted by Gasteiger charge is 2.32. The number of rotatable bonds is 6. The number of morpholine rings is 1. The third-order valence-electron chi connectivity index (χ3n) is 7.55. The topological polar surface area (TPSA) is 81.6 Å². The molecule has 6 rings (SSSR count). The quantitative estimate of drug-likeness (QED) is 0.371. The minimum Gasteiger partial charge on any atom is -0.493 e. The van der Waals surface area contributed by atoms with Crippen molar-refractivity contribution in [2.24, 2.45) is 5.41 Å². The molecule has 1 fully saturated rings. The number of para-hydroxylation sites is 1. The van der Waals surface area contributed by atoms with Crippen LogP contribution in [0.25, 0.3) is 20.4 Å². The maximum Gasteiger partial charge on any atom is 0.165 e. The Hall–Kier alpha value is -3.17. The molecule has 1 aromatic carbocycles. The van der Waals surface area contributed by atoms with E-state index in [1.807, 2.05) is 18.2 Å². The second-order valence-electron chi connectivity index (χ2n) is 10.5. The van der Waals surface area contributed by atoms with Gasteiger partial charge < -0.3 is 24.4 Å². The summed E-state index contributed by atoms with van der Waals surface area (Å²) in [7, 11) is 3.32. The van der Waals surface area contributed by atoms with Crippen LogP contribution in [-0.4, -0.2) is 55.5 Å². The maximum absolute atomic E-state index is 5.63. The zero-order valence-corrected chi connectivity index (χ0v) is 22.7. The minimum atomic E-state index is 0.245. The van der Waals surface area contributed by atoms with Crippen molar-refractivity contribution in [3.05, 3.63) is 41.2 Å². The first-order valence-corrected chi connectivity index (χ1v) is 13.7. The van der Waals surface area contributed by atoms with Crippen LogP contribution in [-0.2, 0) is 24.1 Å². The standard InChI is InChI=1S/C28H33N5O3S/c1-28(2)9-8-18-19(14-28)21-22-24(37-27(21)32-26(18)33-10-12-36-13-11-33)25(31-16-30-22)29-15-17-6-5-7-20(34-3)23(17)35-4/h5-7,16H,8-15H2,1-4H3,(H,29,30,31). The highest BCUT2D eigenvalue weighted by molar-refractivity contribution is 7.26. The Labute approximate surface area is 221 Å². The van der Waals surface area contributed by atoms with Gasteiger partial charge in [-0.15, -0.1) is 11.3 Å². The average Bonchev–Trinajstić information content (AvgIpc) is 3.30. The zero-order valence-electron chi connectivity index (χ0n) is 21.9. The number of aromatic nitrogens is 3. The van der Waals surface area contributed by atoms with Crippen LogP contribution in [0.3, 0.4) is 0 Å². The van der Waals surface area contributed by atoms with Gasteiger partial charge in [0, 0.05) is 30.6 Å². The molecule has 3 aromatic heterocycles. The molecule has 0 saturated carbocycles. The summed E-state index contributed by atoms with van der Waals surface area (Å²) >= 11 is 1.68. The Balaban J connectivity index is 1.45. The number of pyridine rings is 1. The molecule has 37 heavy (non-hydrogen) atoms. The highest BCUT2D eigenvalue weighted by Crippen LogP contribution is 2.46. The van der Waals surface area contributed by atoms with Gasteiger partial charge in [-0.05, 0) is 41.9 Å². The molecule has 1 aliphatic heterocycles. The lowest BCUT2D eigenvalue weighted by atomic mass is 9.73. The lowest BCUT2D eigenvalue weighted by molar-refractivity contribution is 0.122. The molecule has 0 spiro atoms. The summed E-state index contributed by atoms with van der Waals surface area (Å²) in [6.07, 6.45) is 4.89. The molecule has 1 aliphatic carbocycles. The fourth-order valence-corrected chi connectivity index (χ4v) is 6.74. The Morgan fingerprint density at radius 1 is 1.11 bits per heavy atom. The SMILES string of the molecule is COc1cccc(CNc2ncnc3c2sc2nc(N4CCOCC4)c4c(c23)CC(C)(C)CC4)c1OC. The fourth-order valence-electron chi connectivity index (χ4n) is 5.62. The summed E-state index contributed by atoms with van der Waals surface area (Å²) in [5.41, 5.74) is 5.04. The number of hydrogen-bond donors (Lipinski definition) is 1. The van der Waals surface area contributed by atoms with Crippen LogP contribution in [0.2, 0.25) is 0 Å². The van der Waals surface area contributed by atoms with E-state index in [0.29, 0.717) is 12.3 Å². The maximum atomic E-state index is 5.63. The lowest BCUT2D eigenvalue weighted by Gasteiger charge is -2.36. The van der Waals surface area contributed by atoms with Gasteiger partial charge in [0.1, 0.15) is 22.8 Å². The number of ether oxygens (including phenoxy) is 3. The number of benzene rings is 1. The Kier molecular flexibility index (Phi) is 6.28. The molecule has 8 nitrogen and oxygen atoms in total. The number of thiophene rings is 1. The Morgan fingerprint density at radius 3 is 2.73 bits per heavy atom. The predicted octanol–water partition coefficient (Wildman–Crippen LogP) is 5.22. The summed E-state index contributed by atoms with van der Waals surface area (Å²) in [6, 6.07) is 5.91. The molecule has 4 aromatic rings. The molecule has 9 heteroatoms. The predicted molar refractivity (Wildman–Crippen MR) is 148 cm³/mol. The summed E-state index contributed by atoms with van der Waals surface area (Å²) < 4.78 is 17.8. The van der Waals surface area contributed by atoms with Crippen molar-refractivity contribution in [2.45, 2.75) is 39.7 Å². The molecule has 4 heterocycles. The van der Waals surface area contributed by atoms with E-state index < -0.39 is 0 Å². The molecule has 0 amide bonds. The fraction of sp³-hybridized carbons (Fsp3) is 0.464. The van der Waals surface area contributed by atoms with Crippen LogP contribution in [0.5, 0.6) is 11.5 Å². The largest absolute Gasteiger partial charge is 0.493 e. The van der Waals surface area contributed by atoms with Gasteiger partial charge in [-0.25, -0.2) is 15.0 Å².